The van der Waals surface area contributed by atoms with Crippen LogP contribution in [0.3, 0.4) is 0 Å². The number of hydrogen-bond acceptors (Lipinski definition) is 2. The molecular weight excluding hydrogens is 270 g/mol. The molecule has 2 aliphatic rings. The molecule has 0 amide bonds. The third kappa shape index (κ3) is 2.23. The zero-order valence-corrected chi connectivity index (χ0v) is 14.8. The van der Waals surface area contributed by atoms with Crippen LogP contribution in [0.5, 0.6) is 0 Å². The Morgan fingerprint density at radius 2 is 2.00 bits per heavy atom. The van der Waals surface area contributed by atoms with Gasteiger partial charge in [0.15, 0.2) is 0 Å². The Balaban J connectivity index is 2.04. The maximum absolute atomic E-state index is 11.9. The van der Waals surface area contributed by atoms with Gasteiger partial charge in [0.25, 0.3) is 0 Å². The van der Waals surface area contributed by atoms with E-state index in [1.54, 1.807) is 0 Å². The molecule has 1 aromatic rings. The van der Waals surface area contributed by atoms with E-state index in [-0.39, 0.29) is 11.3 Å². The molecule has 1 aromatic carbocycles. The number of hydrogen-bond donors (Lipinski definition) is 1. The molecule has 3 unspecified atom stereocenters. The molecule has 2 heteroatoms. The van der Waals surface area contributed by atoms with Crippen molar-refractivity contribution in [3.8, 4) is 0 Å². The van der Waals surface area contributed by atoms with Crippen LogP contribution in [0.1, 0.15) is 56.7 Å². The molecule has 1 heterocycles. The van der Waals surface area contributed by atoms with Crippen molar-refractivity contribution < 1.29 is 5.11 Å². The van der Waals surface area contributed by atoms with Gasteiger partial charge >= 0.3 is 0 Å². The van der Waals surface area contributed by atoms with Crippen molar-refractivity contribution in [1.29, 1.82) is 0 Å². The minimum absolute atomic E-state index is 0.110. The Bertz CT molecular complexity index is 565. The minimum atomic E-state index is -0.732. The van der Waals surface area contributed by atoms with Crippen molar-refractivity contribution >= 4 is 0 Å². The first-order valence-electron chi connectivity index (χ1n) is 8.80. The van der Waals surface area contributed by atoms with Crippen LogP contribution in [0.4, 0.5) is 0 Å². The van der Waals surface area contributed by atoms with Gasteiger partial charge in [-0.05, 0) is 50.9 Å². The van der Waals surface area contributed by atoms with Crippen LogP contribution in [0.25, 0.3) is 0 Å². The second-order valence-electron chi connectivity index (χ2n) is 8.32. The minimum Gasteiger partial charge on any atom is -0.384 e. The molecule has 2 nitrogen and oxygen atoms in total. The first-order chi connectivity index (χ1) is 10.3. The largest absolute Gasteiger partial charge is 0.384 e. The summed E-state index contributed by atoms with van der Waals surface area (Å²) in [6.07, 6.45) is 4.75. The monoisotopic (exact) mass is 301 g/mol. The zero-order chi connectivity index (χ0) is 16.1. The maximum atomic E-state index is 11.9. The summed E-state index contributed by atoms with van der Waals surface area (Å²) in [4.78, 5) is 2.47. The van der Waals surface area contributed by atoms with E-state index in [1.807, 2.05) is 0 Å². The normalized spacial score (nSPS) is 32.7. The van der Waals surface area contributed by atoms with Gasteiger partial charge in [-0.15, -0.1) is 0 Å². The van der Waals surface area contributed by atoms with Gasteiger partial charge in [0.2, 0.25) is 0 Å². The maximum Gasteiger partial charge on any atom is 0.0993 e. The number of rotatable bonds is 2. The summed E-state index contributed by atoms with van der Waals surface area (Å²) in [5.41, 5.74) is 2.93. The quantitative estimate of drug-likeness (QED) is 0.896. The fourth-order valence-electron chi connectivity index (χ4n) is 5.05. The van der Waals surface area contributed by atoms with Crippen LogP contribution in [0.15, 0.2) is 18.2 Å². The predicted octanol–water partition coefficient (Wildman–Crippen LogP) is 3.89. The fraction of sp³-hybridized carbons (Fsp3) is 0.700. The average Bonchev–Trinajstić information content (AvgIpc) is 2.67. The van der Waals surface area contributed by atoms with Gasteiger partial charge in [0.1, 0.15) is 0 Å². The third-order valence-corrected chi connectivity index (χ3v) is 6.40. The van der Waals surface area contributed by atoms with E-state index in [2.05, 4.69) is 57.8 Å². The molecule has 0 radical (unpaired) electrons. The van der Waals surface area contributed by atoms with E-state index in [1.165, 1.54) is 36.0 Å². The lowest BCUT2D eigenvalue weighted by atomic mass is 9.65. The van der Waals surface area contributed by atoms with Gasteiger partial charge in [-0.1, -0.05) is 51.0 Å². The highest BCUT2D eigenvalue weighted by Gasteiger charge is 2.56. The Labute approximate surface area is 135 Å². The van der Waals surface area contributed by atoms with Crippen LogP contribution in [-0.2, 0) is 12.0 Å². The SMILES string of the molecule is Cc1ccc2c(c1)C(O)(C(C)C1CCCCN1C)C(C)(C)C2. The van der Waals surface area contributed by atoms with E-state index in [0.717, 1.165) is 13.0 Å². The number of fused-ring (bicyclic) bond motifs is 1. The molecule has 3 rings (SSSR count). The molecule has 1 aliphatic carbocycles. The predicted molar refractivity (Wildman–Crippen MR) is 92.0 cm³/mol. The van der Waals surface area contributed by atoms with Crippen LogP contribution < -0.4 is 0 Å². The number of likely N-dealkylation sites (tertiary alicyclic amines) is 1. The molecule has 0 saturated carbocycles. The number of piperidine rings is 1. The molecule has 1 saturated heterocycles. The van der Waals surface area contributed by atoms with E-state index < -0.39 is 5.60 Å². The standard InChI is InChI=1S/C20H31NO/c1-14-9-10-16-13-19(3,4)20(22,17(16)12-14)15(2)18-8-6-7-11-21(18)5/h9-10,12,15,18,22H,6-8,11,13H2,1-5H3. The highest BCUT2D eigenvalue weighted by molar-refractivity contribution is 5.43. The molecule has 0 spiro atoms. The van der Waals surface area contributed by atoms with E-state index in [4.69, 9.17) is 0 Å². The molecule has 22 heavy (non-hydrogen) atoms. The van der Waals surface area contributed by atoms with Crippen molar-refractivity contribution in [3.05, 3.63) is 34.9 Å². The Kier molecular flexibility index (Phi) is 3.89. The second-order valence-corrected chi connectivity index (χ2v) is 8.32. The molecule has 3 atom stereocenters. The Morgan fingerprint density at radius 1 is 1.27 bits per heavy atom. The van der Waals surface area contributed by atoms with Crippen molar-refractivity contribution in [3.63, 3.8) is 0 Å². The van der Waals surface area contributed by atoms with Gasteiger partial charge in [0, 0.05) is 17.4 Å². The van der Waals surface area contributed by atoms with E-state index >= 15 is 0 Å². The number of benzene rings is 1. The van der Waals surface area contributed by atoms with Crippen molar-refractivity contribution in [2.24, 2.45) is 11.3 Å². The molecule has 0 aromatic heterocycles. The van der Waals surface area contributed by atoms with Gasteiger partial charge in [-0.3, -0.25) is 0 Å². The summed E-state index contributed by atoms with van der Waals surface area (Å²) in [5, 5.41) is 11.9. The molecule has 1 fully saturated rings. The Hall–Kier alpha value is -0.860. The summed E-state index contributed by atoms with van der Waals surface area (Å²) in [7, 11) is 2.22. The topological polar surface area (TPSA) is 23.5 Å². The average molecular weight is 301 g/mol. The first kappa shape index (κ1) is 16.0. The van der Waals surface area contributed by atoms with Gasteiger partial charge in [-0.25, -0.2) is 0 Å². The van der Waals surface area contributed by atoms with Crippen LogP contribution in [-0.4, -0.2) is 29.6 Å². The highest BCUT2D eigenvalue weighted by Crippen LogP contribution is 2.55. The highest BCUT2D eigenvalue weighted by atomic mass is 16.3. The van der Waals surface area contributed by atoms with E-state index in [9.17, 15) is 5.11 Å². The van der Waals surface area contributed by atoms with Gasteiger partial charge in [-0.2, -0.15) is 0 Å². The van der Waals surface area contributed by atoms with Crippen LogP contribution in [0, 0.1) is 18.3 Å². The summed E-state index contributed by atoms with van der Waals surface area (Å²) >= 11 is 0. The lowest BCUT2D eigenvalue weighted by Gasteiger charge is -2.48. The van der Waals surface area contributed by atoms with Crippen molar-refractivity contribution in [2.45, 2.75) is 65.0 Å². The second kappa shape index (κ2) is 5.35. The molecule has 1 N–H and O–H groups in total. The molecule has 1 aliphatic heterocycles. The summed E-state index contributed by atoms with van der Waals surface area (Å²) in [6, 6.07) is 7.10. The van der Waals surface area contributed by atoms with Gasteiger partial charge < -0.3 is 10.0 Å². The molecule has 0 bridgehead atoms. The first-order valence-corrected chi connectivity index (χ1v) is 8.80. The summed E-state index contributed by atoms with van der Waals surface area (Å²) in [5.74, 6) is 0.246. The van der Waals surface area contributed by atoms with Crippen molar-refractivity contribution in [1.82, 2.24) is 4.90 Å². The lowest BCUT2D eigenvalue weighted by Crippen LogP contribution is -2.53. The third-order valence-electron chi connectivity index (χ3n) is 6.40. The number of aryl methyl sites for hydroxylation is 1. The van der Waals surface area contributed by atoms with Crippen molar-refractivity contribution in [2.75, 3.05) is 13.6 Å². The Morgan fingerprint density at radius 3 is 2.68 bits per heavy atom. The van der Waals surface area contributed by atoms with Crippen LogP contribution >= 0.6 is 0 Å². The number of nitrogens with zero attached hydrogens (tertiary/aromatic N) is 1. The smallest absolute Gasteiger partial charge is 0.0993 e. The summed E-state index contributed by atoms with van der Waals surface area (Å²) in [6.45, 7) is 10.0. The zero-order valence-electron chi connectivity index (χ0n) is 14.8. The van der Waals surface area contributed by atoms with Crippen LogP contribution in [0.2, 0.25) is 0 Å². The number of aliphatic hydroxyl groups is 1. The molecule has 122 valence electrons. The summed E-state index contributed by atoms with van der Waals surface area (Å²) < 4.78 is 0. The van der Waals surface area contributed by atoms with Gasteiger partial charge in [0.05, 0.1) is 5.60 Å². The lowest BCUT2D eigenvalue weighted by molar-refractivity contribution is -0.127. The van der Waals surface area contributed by atoms with E-state index in [0.29, 0.717) is 6.04 Å². The fourth-order valence-corrected chi connectivity index (χ4v) is 5.05. The molecular formula is C20H31NO.